The molecule has 0 atom stereocenters. The van der Waals surface area contributed by atoms with Crippen molar-refractivity contribution < 1.29 is 0 Å². The summed E-state index contributed by atoms with van der Waals surface area (Å²) in [5.74, 6) is 0. The van der Waals surface area contributed by atoms with Gasteiger partial charge in [0.15, 0.2) is 0 Å². The van der Waals surface area contributed by atoms with Crippen LogP contribution in [-0.2, 0) is 0 Å². The van der Waals surface area contributed by atoms with E-state index in [2.05, 4.69) is 13.3 Å². The molecule has 62 valence electrons. The van der Waals surface area contributed by atoms with Gasteiger partial charge in [0.1, 0.15) is 0 Å². The molecule has 0 saturated carbocycles. The molecule has 0 aromatic rings. The first-order valence-electron chi connectivity index (χ1n) is 4.25. The van der Waals surface area contributed by atoms with Gasteiger partial charge in [0.25, 0.3) is 0 Å². The fourth-order valence-corrected chi connectivity index (χ4v) is 4.79. The summed E-state index contributed by atoms with van der Waals surface area (Å²) in [5.41, 5.74) is 0. The Bertz CT molecular complexity index is 67.2. The molecule has 0 spiro atoms. The number of rotatable bonds is 2. The fraction of sp³-hybridized carbons (Fsp3) is 0.778. The van der Waals surface area contributed by atoms with E-state index in [1.165, 1.54) is 19.3 Å². The predicted molar refractivity (Wildman–Crippen MR) is 57.6 cm³/mol. The van der Waals surface area contributed by atoms with Crippen molar-refractivity contribution in [1.29, 1.82) is 0 Å². The molecule has 0 aromatic heterocycles. The van der Waals surface area contributed by atoms with Crippen LogP contribution in [0.2, 0.25) is 18.1 Å². The minimum atomic E-state index is -0.157. The van der Waals surface area contributed by atoms with Crippen LogP contribution in [0.4, 0.5) is 0 Å². The average molecular weight is 181 g/mol. The maximum absolute atomic E-state index is 2.47. The van der Waals surface area contributed by atoms with Crippen molar-refractivity contribution in [3.05, 3.63) is 13.8 Å². The predicted octanol–water partition coefficient (Wildman–Crippen LogP) is 2.69. The van der Waals surface area contributed by atoms with E-state index in [4.69, 9.17) is 0 Å². The van der Waals surface area contributed by atoms with Gasteiger partial charge in [0.2, 0.25) is 0 Å². The Labute approximate surface area is 89.9 Å². The van der Waals surface area contributed by atoms with Crippen LogP contribution < -0.4 is 0 Å². The van der Waals surface area contributed by atoms with Crippen molar-refractivity contribution in [3.63, 3.8) is 0 Å². The molecular formula is C9H20MgSi. The van der Waals surface area contributed by atoms with Gasteiger partial charge < -0.3 is 13.8 Å². The van der Waals surface area contributed by atoms with Crippen LogP contribution in [0.5, 0.6) is 0 Å². The molecule has 1 aliphatic heterocycles. The minimum absolute atomic E-state index is 0. The summed E-state index contributed by atoms with van der Waals surface area (Å²) in [6, 6.07) is 4.81. The summed E-state index contributed by atoms with van der Waals surface area (Å²) >= 11 is 0. The van der Waals surface area contributed by atoms with E-state index in [1.54, 1.807) is 18.1 Å². The molecule has 0 amide bonds. The zero-order valence-electron chi connectivity index (χ0n) is 8.10. The maximum Gasteiger partial charge on any atom is 2.00 e. The van der Waals surface area contributed by atoms with Crippen LogP contribution in [0.15, 0.2) is 0 Å². The molecule has 0 unspecified atom stereocenters. The summed E-state index contributed by atoms with van der Waals surface area (Å²) in [4.78, 5) is 0. The summed E-state index contributed by atoms with van der Waals surface area (Å²) in [7, 11) is -0.157. The van der Waals surface area contributed by atoms with Gasteiger partial charge in [-0.05, 0) is 0 Å². The van der Waals surface area contributed by atoms with Crippen molar-refractivity contribution >= 4 is 31.8 Å². The van der Waals surface area contributed by atoms with Crippen LogP contribution in [0.25, 0.3) is 0 Å². The Morgan fingerprint density at radius 2 is 1.82 bits per heavy atom. The van der Waals surface area contributed by atoms with Gasteiger partial charge in [-0.3, -0.25) is 0 Å². The first kappa shape index (κ1) is 14.5. The molecule has 0 radical (unpaired) electrons. The van der Waals surface area contributed by atoms with Crippen molar-refractivity contribution in [2.24, 2.45) is 0 Å². The standard InChI is InChI=1S/C8H17Si.CH3.Mg/c1-2-6-9-7-4-3-5-8-9;;/h3,9H,2,4-8H2,1H3;1H3;/q2*-1;+2. The monoisotopic (exact) mass is 180 g/mol. The quantitative estimate of drug-likeness (QED) is 0.453. The average Bonchev–Trinajstić information content (AvgIpc) is 1.91. The zero-order valence-corrected chi connectivity index (χ0v) is 10.7. The second-order valence-corrected chi connectivity index (χ2v) is 6.56. The minimum Gasteiger partial charge on any atom is -0.358 e. The Morgan fingerprint density at radius 3 is 2.27 bits per heavy atom. The van der Waals surface area contributed by atoms with Crippen LogP contribution in [0.3, 0.4) is 0 Å². The molecule has 0 N–H and O–H groups in total. The van der Waals surface area contributed by atoms with Gasteiger partial charge in [0.05, 0.1) is 0 Å². The topological polar surface area (TPSA) is 0 Å². The van der Waals surface area contributed by atoms with Crippen molar-refractivity contribution in [2.75, 3.05) is 0 Å². The van der Waals surface area contributed by atoms with Crippen molar-refractivity contribution in [3.8, 4) is 0 Å². The first-order valence-corrected chi connectivity index (χ1v) is 6.70. The summed E-state index contributed by atoms with van der Waals surface area (Å²) in [6.45, 7) is 2.32. The molecule has 0 nitrogen and oxygen atoms in total. The third-order valence-corrected chi connectivity index (χ3v) is 5.95. The Morgan fingerprint density at radius 1 is 1.27 bits per heavy atom. The van der Waals surface area contributed by atoms with Crippen LogP contribution in [-0.4, -0.2) is 31.8 Å². The van der Waals surface area contributed by atoms with Crippen LogP contribution in [0, 0.1) is 13.8 Å². The molecule has 1 fully saturated rings. The third-order valence-electron chi connectivity index (χ3n) is 2.26. The summed E-state index contributed by atoms with van der Waals surface area (Å²) in [6.07, 6.45) is 6.80. The summed E-state index contributed by atoms with van der Waals surface area (Å²) in [5, 5.41) is 0. The molecule has 1 saturated heterocycles. The number of hydrogen-bond donors (Lipinski definition) is 0. The molecule has 0 aliphatic carbocycles. The largest absolute Gasteiger partial charge is 2.00 e. The first-order chi connectivity index (χ1) is 4.43. The van der Waals surface area contributed by atoms with Crippen LogP contribution in [0.1, 0.15) is 26.2 Å². The van der Waals surface area contributed by atoms with E-state index >= 15 is 0 Å². The zero-order chi connectivity index (χ0) is 6.53. The molecule has 2 heteroatoms. The molecule has 0 bridgehead atoms. The van der Waals surface area contributed by atoms with Gasteiger partial charge in [-0.15, -0.1) is 0 Å². The molecule has 1 heterocycles. The maximum atomic E-state index is 2.47. The van der Waals surface area contributed by atoms with Gasteiger partial charge in [-0.1, -0.05) is 31.5 Å². The Hall–Kier alpha value is 0.983. The second kappa shape index (κ2) is 9.07. The van der Waals surface area contributed by atoms with Gasteiger partial charge in [-0.2, -0.15) is 12.8 Å². The Kier molecular flexibility index (Phi) is 12.0. The Balaban J connectivity index is 0. The van der Waals surface area contributed by atoms with Gasteiger partial charge in [-0.25, -0.2) is 0 Å². The van der Waals surface area contributed by atoms with Crippen molar-refractivity contribution in [2.45, 2.75) is 44.3 Å². The smallest absolute Gasteiger partial charge is 0.358 e. The molecular weight excluding hydrogens is 160 g/mol. The number of hydrogen-bond acceptors (Lipinski definition) is 0. The molecule has 1 aliphatic rings. The van der Waals surface area contributed by atoms with E-state index in [0.717, 1.165) is 0 Å². The normalized spacial score (nSPS) is 18.3. The SMILES string of the molecule is CCC[SiH]1CC[CH-]CC1.[CH3-].[Mg+2]. The summed E-state index contributed by atoms with van der Waals surface area (Å²) < 4.78 is 0. The molecule has 11 heavy (non-hydrogen) atoms. The van der Waals surface area contributed by atoms with Crippen molar-refractivity contribution in [1.82, 2.24) is 0 Å². The second-order valence-electron chi connectivity index (χ2n) is 3.10. The fourth-order valence-electron chi connectivity index (χ4n) is 1.69. The van der Waals surface area contributed by atoms with Gasteiger partial charge in [0, 0.05) is 8.80 Å². The molecule has 1 rings (SSSR count). The van der Waals surface area contributed by atoms with E-state index in [1.807, 2.05) is 0 Å². The van der Waals surface area contributed by atoms with Crippen LogP contribution >= 0.6 is 0 Å². The van der Waals surface area contributed by atoms with E-state index in [9.17, 15) is 0 Å². The van der Waals surface area contributed by atoms with E-state index < -0.39 is 0 Å². The van der Waals surface area contributed by atoms with Gasteiger partial charge >= 0.3 is 23.1 Å². The third kappa shape index (κ3) is 6.17. The van der Waals surface area contributed by atoms with E-state index in [-0.39, 0.29) is 39.3 Å². The van der Waals surface area contributed by atoms with E-state index in [0.29, 0.717) is 0 Å². The molecule has 0 aromatic carbocycles.